The van der Waals surface area contributed by atoms with Gasteiger partial charge in [0.2, 0.25) is 5.95 Å². The standard InChI is InChI=1S/C18H20N4O/c1-4-22-16-11-6-5-10-15(16)19-18(22)20-17(23)13-8-7-9-14(12-13)21(2)3/h5-12H,4H2,1-3H3,(H,19,20,23). The minimum absolute atomic E-state index is 0.154. The van der Waals surface area contributed by atoms with E-state index in [0.717, 1.165) is 23.3 Å². The Morgan fingerprint density at radius 1 is 1.17 bits per heavy atom. The number of aryl methyl sites for hydroxylation is 1. The van der Waals surface area contributed by atoms with Crippen LogP contribution in [0.3, 0.4) is 0 Å². The van der Waals surface area contributed by atoms with E-state index in [-0.39, 0.29) is 5.91 Å². The van der Waals surface area contributed by atoms with Crippen LogP contribution in [0, 0.1) is 0 Å². The van der Waals surface area contributed by atoms with Gasteiger partial charge in [0.25, 0.3) is 5.91 Å². The predicted molar refractivity (Wildman–Crippen MR) is 94.1 cm³/mol. The van der Waals surface area contributed by atoms with Gasteiger partial charge in [-0.15, -0.1) is 0 Å². The summed E-state index contributed by atoms with van der Waals surface area (Å²) in [6.45, 7) is 2.78. The summed E-state index contributed by atoms with van der Waals surface area (Å²) < 4.78 is 2.00. The number of anilines is 2. The molecule has 0 aliphatic carbocycles. The zero-order valence-electron chi connectivity index (χ0n) is 13.6. The van der Waals surface area contributed by atoms with Crippen LogP contribution >= 0.6 is 0 Å². The van der Waals surface area contributed by atoms with E-state index in [1.807, 2.05) is 73.0 Å². The van der Waals surface area contributed by atoms with Crippen molar-refractivity contribution in [3.05, 3.63) is 54.1 Å². The van der Waals surface area contributed by atoms with Gasteiger partial charge in [-0.05, 0) is 37.3 Å². The second-order valence-electron chi connectivity index (χ2n) is 5.57. The summed E-state index contributed by atoms with van der Waals surface area (Å²) in [6, 6.07) is 15.4. The third kappa shape index (κ3) is 2.90. The molecule has 23 heavy (non-hydrogen) atoms. The Morgan fingerprint density at radius 2 is 1.96 bits per heavy atom. The third-order valence-corrected chi connectivity index (χ3v) is 3.82. The zero-order valence-corrected chi connectivity index (χ0v) is 13.6. The number of benzene rings is 2. The van der Waals surface area contributed by atoms with Crippen LogP contribution in [-0.4, -0.2) is 29.6 Å². The average molecular weight is 308 g/mol. The van der Waals surface area contributed by atoms with Crippen LogP contribution in [0.2, 0.25) is 0 Å². The van der Waals surface area contributed by atoms with Crippen molar-refractivity contribution in [1.82, 2.24) is 9.55 Å². The summed E-state index contributed by atoms with van der Waals surface area (Å²) >= 11 is 0. The van der Waals surface area contributed by atoms with E-state index < -0.39 is 0 Å². The Hall–Kier alpha value is -2.82. The fourth-order valence-corrected chi connectivity index (χ4v) is 2.59. The van der Waals surface area contributed by atoms with Crippen LogP contribution in [-0.2, 0) is 6.54 Å². The molecule has 118 valence electrons. The minimum atomic E-state index is -0.154. The van der Waals surface area contributed by atoms with Gasteiger partial charge >= 0.3 is 0 Å². The summed E-state index contributed by atoms with van der Waals surface area (Å²) in [4.78, 5) is 19.0. The second kappa shape index (κ2) is 6.12. The van der Waals surface area contributed by atoms with Crippen molar-refractivity contribution in [1.29, 1.82) is 0 Å². The summed E-state index contributed by atoms with van der Waals surface area (Å²) in [5.74, 6) is 0.424. The number of nitrogens with zero attached hydrogens (tertiary/aromatic N) is 3. The molecule has 0 aliphatic heterocycles. The quantitative estimate of drug-likeness (QED) is 0.804. The van der Waals surface area contributed by atoms with Crippen molar-refractivity contribution in [2.24, 2.45) is 0 Å². The molecule has 0 atom stereocenters. The lowest BCUT2D eigenvalue weighted by molar-refractivity contribution is 0.102. The van der Waals surface area contributed by atoms with Crippen molar-refractivity contribution in [3.8, 4) is 0 Å². The average Bonchev–Trinajstić information content (AvgIpc) is 2.91. The number of aromatic nitrogens is 2. The molecule has 0 fully saturated rings. The van der Waals surface area contributed by atoms with Gasteiger partial charge in [-0.1, -0.05) is 18.2 Å². The molecule has 5 heteroatoms. The van der Waals surface area contributed by atoms with E-state index in [2.05, 4.69) is 10.3 Å². The van der Waals surface area contributed by atoms with Gasteiger partial charge < -0.3 is 9.47 Å². The molecular weight excluding hydrogens is 288 g/mol. The summed E-state index contributed by atoms with van der Waals surface area (Å²) in [6.07, 6.45) is 0. The fraction of sp³-hybridized carbons (Fsp3) is 0.222. The van der Waals surface area contributed by atoms with Crippen molar-refractivity contribution in [2.45, 2.75) is 13.5 Å². The minimum Gasteiger partial charge on any atom is -0.378 e. The van der Waals surface area contributed by atoms with E-state index in [1.54, 1.807) is 6.07 Å². The molecule has 0 bridgehead atoms. The van der Waals surface area contributed by atoms with Gasteiger partial charge in [-0.3, -0.25) is 10.1 Å². The van der Waals surface area contributed by atoms with Gasteiger partial charge in [-0.25, -0.2) is 4.98 Å². The first-order valence-electron chi connectivity index (χ1n) is 7.64. The topological polar surface area (TPSA) is 50.2 Å². The third-order valence-electron chi connectivity index (χ3n) is 3.82. The molecule has 0 spiro atoms. The van der Waals surface area contributed by atoms with Crippen LogP contribution in [0.5, 0.6) is 0 Å². The first-order valence-corrected chi connectivity index (χ1v) is 7.64. The lowest BCUT2D eigenvalue weighted by atomic mass is 10.2. The van der Waals surface area contributed by atoms with Crippen LogP contribution in [0.25, 0.3) is 11.0 Å². The van der Waals surface area contributed by atoms with Gasteiger partial charge in [-0.2, -0.15) is 0 Å². The molecule has 0 aliphatic rings. The SMILES string of the molecule is CCn1c(NC(=O)c2cccc(N(C)C)c2)nc2ccccc21. The number of hydrogen-bond acceptors (Lipinski definition) is 3. The largest absolute Gasteiger partial charge is 0.378 e. The molecule has 0 saturated carbocycles. The van der Waals surface area contributed by atoms with Gasteiger partial charge in [0.05, 0.1) is 11.0 Å². The van der Waals surface area contributed by atoms with Gasteiger partial charge in [0.15, 0.2) is 0 Å². The Bertz CT molecular complexity index is 851. The molecular formula is C18H20N4O. The van der Waals surface area contributed by atoms with Gasteiger partial charge in [0.1, 0.15) is 0 Å². The highest BCUT2D eigenvalue weighted by Gasteiger charge is 2.13. The lowest BCUT2D eigenvalue weighted by Gasteiger charge is -2.13. The second-order valence-corrected chi connectivity index (χ2v) is 5.57. The van der Waals surface area contributed by atoms with Crippen molar-refractivity contribution < 1.29 is 4.79 Å². The zero-order chi connectivity index (χ0) is 16.4. The number of carbonyl (C=O) groups excluding carboxylic acids is 1. The molecule has 0 saturated heterocycles. The highest BCUT2D eigenvalue weighted by atomic mass is 16.1. The van der Waals surface area contributed by atoms with Crippen LogP contribution in [0.4, 0.5) is 11.6 Å². The first kappa shape index (κ1) is 15.1. The smallest absolute Gasteiger partial charge is 0.258 e. The number of nitrogens with one attached hydrogen (secondary N) is 1. The molecule has 2 aromatic carbocycles. The number of amides is 1. The summed E-state index contributed by atoms with van der Waals surface area (Å²) in [5, 5.41) is 2.93. The van der Waals surface area contributed by atoms with E-state index in [9.17, 15) is 4.79 Å². The number of para-hydroxylation sites is 2. The fourth-order valence-electron chi connectivity index (χ4n) is 2.59. The molecule has 3 rings (SSSR count). The molecule has 0 radical (unpaired) electrons. The van der Waals surface area contributed by atoms with Crippen molar-refractivity contribution in [2.75, 3.05) is 24.3 Å². The predicted octanol–water partition coefficient (Wildman–Crippen LogP) is 3.37. The summed E-state index contributed by atoms with van der Waals surface area (Å²) in [7, 11) is 3.90. The molecule has 1 N–H and O–H groups in total. The van der Waals surface area contributed by atoms with E-state index in [1.165, 1.54) is 0 Å². The number of carbonyl (C=O) groups is 1. The van der Waals surface area contributed by atoms with Crippen molar-refractivity contribution in [3.63, 3.8) is 0 Å². The van der Waals surface area contributed by atoms with Crippen LogP contribution in [0.1, 0.15) is 17.3 Å². The monoisotopic (exact) mass is 308 g/mol. The maximum Gasteiger partial charge on any atom is 0.258 e. The molecule has 1 amide bonds. The van der Waals surface area contributed by atoms with E-state index in [0.29, 0.717) is 11.5 Å². The maximum absolute atomic E-state index is 12.6. The number of hydrogen-bond donors (Lipinski definition) is 1. The highest BCUT2D eigenvalue weighted by Crippen LogP contribution is 2.20. The summed E-state index contributed by atoms with van der Waals surface area (Å²) in [5.41, 5.74) is 3.51. The number of rotatable bonds is 4. The molecule has 1 aromatic heterocycles. The highest BCUT2D eigenvalue weighted by molar-refractivity contribution is 6.04. The van der Waals surface area contributed by atoms with Crippen molar-refractivity contribution >= 4 is 28.6 Å². The number of fused-ring (bicyclic) bond motifs is 1. The Balaban J connectivity index is 1.92. The number of imidazole rings is 1. The molecule has 1 heterocycles. The van der Waals surface area contributed by atoms with Crippen LogP contribution in [0.15, 0.2) is 48.5 Å². The van der Waals surface area contributed by atoms with E-state index in [4.69, 9.17) is 0 Å². The normalized spacial score (nSPS) is 10.7. The Kier molecular flexibility index (Phi) is 4.02. The van der Waals surface area contributed by atoms with E-state index >= 15 is 0 Å². The molecule has 3 aromatic rings. The molecule has 5 nitrogen and oxygen atoms in total. The van der Waals surface area contributed by atoms with Crippen LogP contribution < -0.4 is 10.2 Å². The molecule has 0 unspecified atom stereocenters. The van der Waals surface area contributed by atoms with Gasteiger partial charge in [0, 0.05) is 31.9 Å². The lowest BCUT2D eigenvalue weighted by Crippen LogP contribution is -2.17. The maximum atomic E-state index is 12.6. The Morgan fingerprint density at radius 3 is 2.70 bits per heavy atom. The first-order chi connectivity index (χ1) is 11.1. The Labute approximate surface area is 135 Å².